The zero-order valence-electron chi connectivity index (χ0n) is 12.3. The quantitative estimate of drug-likeness (QED) is 0.875. The minimum atomic E-state index is -3.65. The largest absolute Gasteiger partial charge is 0.270 e. The molecule has 2 rings (SSSR count). The van der Waals surface area contributed by atoms with Crippen LogP contribution in [0, 0.1) is 12.7 Å². The Labute approximate surface area is 134 Å². The number of halogens is 2. The molecule has 1 aromatic heterocycles. The molecule has 1 N–H and O–H groups in total. The number of nitrogens with one attached hydrogen (secondary N) is 1. The molecule has 0 bridgehead atoms. The first-order valence-electron chi connectivity index (χ1n) is 6.75. The second kappa shape index (κ2) is 6.76. The highest BCUT2D eigenvalue weighted by Gasteiger charge is 2.16. The Morgan fingerprint density at radius 3 is 2.68 bits per heavy atom. The van der Waals surface area contributed by atoms with Gasteiger partial charge in [0.25, 0.3) is 0 Å². The Bertz CT molecular complexity index is 774. The average Bonchev–Trinajstić information content (AvgIpc) is 2.80. The molecule has 0 fully saturated rings. The molecule has 0 radical (unpaired) electrons. The average molecular weight is 346 g/mol. The van der Waals surface area contributed by atoms with Crippen LogP contribution in [-0.2, 0) is 28.9 Å². The van der Waals surface area contributed by atoms with Gasteiger partial charge in [0.05, 0.1) is 11.9 Å². The van der Waals surface area contributed by atoms with E-state index in [9.17, 15) is 12.8 Å². The van der Waals surface area contributed by atoms with E-state index in [2.05, 4.69) is 9.82 Å². The normalized spacial score (nSPS) is 11.8. The monoisotopic (exact) mass is 345 g/mol. The molecule has 0 aliphatic carbocycles. The van der Waals surface area contributed by atoms with Crippen molar-refractivity contribution in [2.45, 2.75) is 32.7 Å². The zero-order valence-corrected chi connectivity index (χ0v) is 13.9. The topological polar surface area (TPSA) is 64.0 Å². The lowest BCUT2D eigenvalue weighted by Gasteiger charge is -2.08. The van der Waals surface area contributed by atoms with Crippen molar-refractivity contribution in [1.82, 2.24) is 14.5 Å². The van der Waals surface area contributed by atoms with Gasteiger partial charge in [-0.3, -0.25) is 4.68 Å². The molecule has 8 heteroatoms. The van der Waals surface area contributed by atoms with E-state index in [0.717, 1.165) is 17.3 Å². The summed E-state index contributed by atoms with van der Waals surface area (Å²) in [5.74, 6) is -1.07. The molecule has 0 saturated heterocycles. The molecule has 0 atom stereocenters. The van der Waals surface area contributed by atoms with Gasteiger partial charge in [0.1, 0.15) is 5.82 Å². The Hall–Kier alpha value is -1.44. The number of aryl methyl sites for hydroxylation is 1. The van der Waals surface area contributed by atoms with Gasteiger partial charge in [-0.2, -0.15) is 5.10 Å². The summed E-state index contributed by atoms with van der Waals surface area (Å²) < 4.78 is 42.0. The molecule has 2 aromatic rings. The van der Waals surface area contributed by atoms with Crippen LogP contribution in [0.5, 0.6) is 0 Å². The Kier molecular flexibility index (Phi) is 5.20. The molecular formula is C14H17ClFN3O2S. The minimum Gasteiger partial charge on any atom is -0.270 e. The first-order valence-corrected chi connectivity index (χ1v) is 8.78. The fourth-order valence-electron chi connectivity index (χ4n) is 2.06. The van der Waals surface area contributed by atoms with Crippen LogP contribution >= 0.6 is 11.6 Å². The molecule has 0 saturated carbocycles. The van der Waals surface area contributed by atoms with Gasteiger partial charge >= 0.3 is 0 Å². The van der Waals surface area contributed by atoms with Gasteiger partial charge < -0.3 is 0 Å². The van der Waals surface area contributed by atoms with Crippen molar-refractivity contribution in [3.05, 3.63) is 52.1 Å². The minimum absolute atomic E-state index is 0.0814. The van der Waals surface area contributed by atoms with E-state index in [0.29, 0.717) is 6.54 Å². The van der Waals surface area contributed by atoms with E-state index in [4.69, 9.17) is 11.6 Å². The summed E-state index contributed by atoms with van der Waals surface area (Å²) in [6.07, 6.45) is 1.63. The maximum absolute atomic E-state index is 13.7. The fraction of sp³-hybridized carbons (Fsp3) is 0.357. The molecule has 0 unspecified atom stereocenters. The van der Waals surface area contributed by atoms with E-state index in [1.165, 1.54) is 12.1 Å². The molecular weight excluding hydrogens is 329 g/mol. The molecule has 120 valence electrons. The molecule has 1 heterocycles. The van der Waals surface area contributed by atoms with Crippen LogP contribution in [-0.4, -0.2) is 18.2 Å². The van der Waals surface area contributed by atoms with E-state index in [1.807, 2.05) is 13.8 Å². The SMILES string of the molecule is CCn1ncc(CNS(=O)(=O)Cc2ccc(Cl)cc2F)c1C. The molecule has 5 nitrogen and oxygen atoms in total. The summed E-state index contributed by atoms with van der Waals surface area (Å²) in [4.78, 5) is 0. The molecule has 0 aliphatic rings. The lowest BCUT2D eigenvalue weighted by Crippen LogP contribution is -2.25. The van der Waals surface area contributed by atoms with E-state index in [1.54, 1.807) is 10.9 Å². The van der Waals surface area contributed by atoms with Gasteiger partial charge in [-0.15, -0.1) is 0 Å². The summed E-state index contributed by atoms with van der Waals surface area (Å²) in [6, 6.07) is 3.93. The third kappa shape index (κ3) is 4.06. The molecule has 0 spiro atoms. The summed E-state index contributed by atoms with van der Waals surface area (Å²) in [5, 5.41) is 4.38. The second-order valence-corrected chi connectivity index (χ2v) is 7.13. The summed E-state index contributed by atoms with van der Waals surface area (Å²) >= 11 is 5.65. The number of aromatic nitrogens is 2. The van der Waals surface area contributed by atoms with Gasteiger partial charge in [-0.25, -0.2) is 17.5 Å². The van der Waals surface area contributed by atoms with Gasteiger partial charge in [0, 0.05) is 34.9 Å². The third-order valence-corrected chi connectivity index (χ3v) is 4.86. The van der Waals surface area contributed by atoms with Crippen LogP contribution < -0.4 is 4.72 Å². The maximum Gasteiger partial charge on any atom is 0.216 e. The summed E-state index contributed by atoms with van der Waals surface area (Å²) in [5.41, 5.74) is 1.78. The van der Waals surface area contributed by atoms with Crippen LogP contribution in [0.25, 0.3) is 0 Å². The Morgan fingerprint density at radius 2 is 2.09 bits per heavy atom. The van der Waals surface area contributed by atoms with Gasteiger partial charge in [-0.05, 0) is 26.0 Å². The van der Waals surface area contributed by atoms with Gasteiger partial charge in [-0.1, -0.05) is 17.7 Å². The number of rotatable bonds is 6. The Balaban J connectivity index is 2.06. The molecule has 0 aliphatic heterocycles. The number of nitrogens with zero attached hydrogens (tertiary/aromatic N) is 2. The number of sulfonamides is 1. The standard InChI is InChI=1S/C14H17ClFN3O2S/c1-3-19-10(2)12(7-17-19)8-18-22(20,21)9-11-4-5-13(15)6-14(11)16/h4-7,18H,3,8-9H2,1-2H3. The summed E-state index contributed by atoms with van der Waals surface area (Å²) in [7, 11) is -3.65. The number of hydrogen-bond donors (Lipinski definition) is 1. The highest BCUT2D eigenvalue weighted by molar-refractivity contribution is 7.88. The van der Waals surface area contributed by atoms with Crippen LogP contribution in [0.15, 0.2) is 24.4 Å². The highest BCUT2D eigenvalue weighted by atomic mass is 35.5. The third-order valence-electron chi connectivity index (χ3n) is 3.35. The molecule has 0 amide bonds. The van der Waals surface area contributed by atoms with Crippen LogP contribution in [0.3, 0.4) is 0 Å². The number of hydrogen-bond acceptors (Lipinski definition) is 3. The molecule has 1 aromatic carbocycles. The van der Waals surface area contributed by atoms with Gasteiger partial charge in [0.2, 0.25) is 10.0 Å². The second-order valence-electron chi connectivity index (χ2n) is 4.89. The first-order chi connectivity index (χ1) is 10.3. The van der Waals surface area contributed by atoms with Crippen molar-refractivity contribution in [1.29, 1.82) is 0 Å². The van der Waals surface area contributed by atoms with Gasteiger partial charge in [0.15, 0.2) is 0 Å². The van der Waals surface area contributed by atoms with E-state index < -0.39 is 21.6 Å². The molecule has 22 heavy (non-hydrogen) atoms. The fourth-order valence-corrected chi connectivity index (χ4v) is 3.34. The Morgan fingerprint density at radius 1 is 1.36 bits per heavy atom. The van der Waals surface area contributed by atoms with Crippen molar-refractivity contribution in [2.75, 3.05) is 0 Å². The van der Waals surface area contributed by atoms with Crippen molar-refractivity contribution in [2.24, 2.45) is 0 Å². The van der Waals surface area contributed by atoms with Crippen molar-refractivity contribution in [3.8, 4) is 0 Å². The van der Waals surface area contributed by atoms with Crippen molar-refractivity contribution >= 4 is 21.6 Å². The maximum atomic E-state index is 13.7. The van der Waals surface area contributed by atoms with E-state index in [-0.39, 0.29) is 17.1 Å². The number of benzene rings is 1. The predicted octanol–water partition coefficient (Wildman–Crippen LogP) is 2.62. The van der Waals surface area contributed by atoms with E-state index >= 15 is 0 Å². The smallest absolute Gasteiger partial charge is 0.216 e. The van der Waals surface area contributed by atoms with Crippen molar-refractivity contribution < 1.29 is 12.8 Å². The lowest BCUT2D eigenvalue weighted by molar-refractivity contribution is 0.574. The first kappa shape index (κ1) is 16.9. The van der Waals surface area contributed by atoms with Crippen LogP contribution in [0.1, 0.15) is 23.7 Å². The zero-order chi connectivity index (χ0) is 16.3. The van der Waals surface area contributed by atoms with Crippen molar-refractivity contribution in [3.63, 3.8) is 0 Å². The summed E-state index contributed by atoms with van der Waals surface area (Å²) in [6.45, 7) is 4.67. The lowest BCUT2D eigenvalue weighted by atomic mass is 10.2. The van der Waals surface area contributed by atoms with Crippen LogP contribution in [0.4, 0.5) is 4.39 Å². The predicted molar refractivity (Wildman–Crippen MR) is 83.5 cm³/mol. The highest BCUT2D eigenvalue weighted by Crippen LogP contribution is 2.17. The van der Waals surface area contributed by atoms with Crippen LogP contribution in [0.2, 0.25) is 5.02 Å².